The van der Waals surface area contributed by atoms with Crippen molar-refractivity contribution >= 4 is 23.4 Å². The summed E-state index contributed by atoms with van der Waals surface area (Å²) in [5, 5.41) is 11.8. The number of aromatic nitrogens is 4. The first-order chi connectivity index (χ1) is 12.7. The lowest BCUT2D eigenvalue weighted by Crippen LogP contribution is -2.14. The van der Waals surface area contributed by atoms with Gasteiger partial charge in [-0.15, -0.1) is 10.2 Å². The van der Waals surface area contributed by atoms with Crippen LogP contribution in [-0.2, 0) is 11.3 Å². The van der Waals surface area contributed by atoms with Gasteiger partial charge in [0.25, 0.3) is 0 Å². The van der Waals surface area contributed by atoms with Crippen LogP contribution in [0.25, 0.3) is 11.5 Å². The lowest BCUT2D eigenvalue weighted by atomic mass is 10.3. The molecule has 0 aliphatic rings. The van der Waals surface area contributed by atoms with E-state index in [-0.39, 0.29) is 11.7 Å². The van der Waals surface area contributed by atoms with Gasteiger partial charge < -0.3 is 9.88 Å². The number of carbonyl (C=O) groups is 1. The minimum Gasteiger partial charge on any atom is -0.325 e. The number of thioether (sulfide) groups is 1. The number of nitrogens with zero attached hydrogens (tertiary/aromatic N) is 4. The van der Waals surface area contributed by atoms with Crippen LogP contribution in [-0.4, -0.2) is 31.4 Å². The van der Waals surface area contributed by atoms with E-state index in [0.717, 1.165) is 18.7 Å². The molecule has 1 aromatic carbocycles. The molecular weight excluding hydrogens is 353 g/mol. The summed E-state index contributed by atoms with van der Waals surface area (Å²) in [6, 6.07) is 11.4. The largest absolute Gasteiger partial charge is 0.325 e. The second kappa shape index (κ2) is 8.57. The zero-order valence-electron chi connectivity index (χ0n) is 14.2. The smallest absolute Gasteiger partial charge is 0.234 e. The van der Waals surface area contributed by atoms with E-state index in [1.165, 1.54) is 23.9 Å². The van der Waals surface area contributed by atoms with Crippen molar-refractivity contribution in [3.63, 3.8) is 0 Å². The van der Waals surface area contributed by atoms with Crippen molar-refractivity contribution < 1.29 is 9.18 Å². The van der Waals surface area contributed by atoms with Gasteiger partial charge in [0.2, 0.25) is 5.91 Å². The maximum Gasteiger partial charge on any atom is 0.234 e. The molecule has 134 valence electrons. The normalized spacial score (nSPS) is 10.7. The van der Waals surface area contributed by atoms with Gasteiger partial charge in [0.05, 0.1) is 5.75 Å². The number of amides is 1. The molecule has 0 saturated carbocycles. The Labute approximate surface area is 154 Å². The van der Waals surface area contributed by atoms with Crippen LogP contribution in [0.15, 0.2) is 53.8 Å². The Kier molecular flexibility index (Phi) is 5.96. The predicted molar refractivity (Wildman–Crippen MR) is 99.3 cm³/mol. The SMILES string of the molecule is CCCn1c(SCC(=O)Nc2cccc(F)c2)nnc1-c1ccccn1. The van der Waals surface area contributed by atoms with Crippen LogP contribution in [0.1, 0.15) is 13.3 Å². The summed E-state index contributed by atoms with van der Waals surface area (Å²) in [4.78, 5) is 16.4. The molecule has 3 rings (SSSR count). The zero-order chi connectivity index (χ0) is 18.4. The molecular formula is C18H18FN5OS. The molecule has 1 N–H and O–H groups in total. The Bertz CT molecular complexity index is 884. The molecule has 0 fully saturated rings. The molecule has 0 saturated heterocycles. The summed E-state index contributed by atoms with van der Waals surface area (Å²) < 4.78 is 15.1. The number of nitrogens with one attached hydrogen (secondary N) is 1. The quantitative estimate of drug-likeness (QED) is 0.642. The Morgan fingerprint density at radius 2 is 2.12 bits per heavy atom. The summed E-state index contributed by atoms with van der Waals surface area (Å²) in [5.74, 6) is 0.213. The second-order valence-corrected chi connectivity index (χ2v) is 6.46. The number of anilines is 1. The van der Waals surface area contributed by atoms with Crippen LogP contribution in [0.4, 0.5) is 10.1 Å². The maximum absolute atomic E-state index is 13.2. The van der Waals surface area contributed by atoms with Crippen molar-refractivity contribution in [1.82, 2.24) is 19.7 Å². The minimum atomic E-state index is -0.391. The summed E-state index contributed by atoms with van der Waals surface area (Å²) in [6.45, 7) is 2.79. The van der Waals surface area contributed by atoms with Gasteiger partial charge in [0.15, 0.2) is 11.0 Å². The molecule has 0 aliphatic heterocycles. The van der Waals surface area contributed by atoms with E-state index < -0.39 is 5.82 Å². The van der Waals surface area contributed by atoms with Gasteiger partial charge in [-0.2, -0.15) is 0 Å². The Hall–Kier alpha value is -2.74. The average Bonchev–Trinajstić information content (AvgIpc) is 3.04. The third-order valence-corrected chi connectivity index (χ3v) is 4.47. The molecule has 0 atom stereocenters. The first-order valence-corrected chi connectivity index (χ1v) is 9.18. The van der Waals surface area contributed by atoms with Crippen LogP contribution in [0.2, 0.25) is 0 Å². The monoisotopic (exact) mass is 371 g/mol. The van der Waals surface area contributed by atoms with E-state index in [1.807, 2.05) is 22.8 Å². The van der Waals surface area contributed by atoms with Crippen molar-refractivity contribution in [1.29, 1.82) is 0 Å². The summed E-state index contributed by atoms with van der Waals surface area (Å²) in [7, 11) is 0. The fraction of sp³-hybridized carbons (Fsp3) is 0.222. The van der Waals surface area contributed by atoms with E-state index in [1.54, 1.807) is 18.3 Å². The lowest BCUT2D eigenvalue weighted by Gasteiger charge is -2.08. The minimum absolute atomic E-state index is 0.153. The standard InChI is InChI=1S/C18H18FN5OS/c1-2-10-24-17(15-8-3-4-9-20-15)22-23-18(24)26-12-16(25)21-14-7-5-6-13(19)11-14/h3-9,11H,2,10,12H2,1H3,(H,21,25). The fourth-order valence-electron chi connectivity index (χ4n) is 2.40. The summed E-state index contributed by atoms with van der Waals surface area (Å²) in [5.41, 5.74) is 1.17. The Balaban J connectivity index is 1.69. The summed E-state index contributed by atoms with van der Waals surface area (Å²) in [6.07, 6.45) is 2.61. The van der Waals surface area contributed by atoms with Crippen molar-refractivity contribution in [3.8, 4) is 11.5 Å². The molecule has 26 heavy (non-hydrogen) atoms. The predicted octanol–water partition coefficient (Wildman–Crippen LogP) is 3.62. The number of hydrogen-bond donors (Lipinski definition) is 1. The van der Waals surface area contributed by atoms with Gasteiger partial charge in [-0.05, 0) is 36.8 Å². The average molecular weight is 371 g/mol. The molecule has 1 amide bonds. The molecule has 0 radical (unpaired) electrons. The topological polar surface area (TPSA) is 72.7 Å². The molecule has 0 aliphatic carbocycles. The van der Waals surface area contributed by atoms with Crippen LogP contribution in [0.3, 0.4) is 0 Å². The number of hydrogen-bond acceptors (Lipinski definition) is 5. The highest BCUT2D eigenvalue weighted by molar-refractivity contribution is 7.99. The molecule has 6 nitrogen and oxygen atoms in total. The molecule has 2 aromatic heterocycles. The van der Waals surface area contributed by atoms with Crippen LogP contribution in [0.5, 0.6) is 0 Å². The number of carbonyl (C=O) groups excluding carboxylic acids is 1. The van der Waals surface area contributed by atoms with Crippen molar-refractivity contribution in [2.45, 2.75) is 25.0 Å². The van der Waals surface area contributed by atoms with E-state index in [9.17, 15) is 9.18 Å². The molecule has 8 heteroatoms. The summed E-state index contributed by atoms with van der Waals surface area (Å²) >= 11 is 1.29. The van der Waals surface area contributed by atoms with Crippen molar-refractivity contribution in [2.24, 2.45) is 0 Å². The highest BCUT2D eigenvalue weighted by atomic mass is 32.2. The molecule has 0 unspecified atom stereocenters. The zero-order valence-corrected chi connectivity index (χ0v) is 15.0. The highest BCUT2D eigenvalue weighted by Gasteiger charge is 2.16. The number of benzene rings is 1. The van der Waals surface area contributed by atoms with Gasteiger partial charge >= 0.3 is 0 Å². The van der Waals surface area contributed by atoms with Gasteiger partial charge in [-0.3, -0.25) is 9.78 Å². The Morgan fingerprint density at radius 1 is 1.23 bits per heavy atom. The van der Waals surface area contributed by atoms with Crippen LogP contribution < -0.4 is 5.32 Å². The van der Waals surface area contributed by atoms with E-state index >= 15 is 0 Å². The number of halogens is 1. The molecule has 0 bridgehead atoms. The van der Waals surface area contributed by atoms with Gasteiger partial charge in [-0.1, -0.05) is 30.8 Å². The Morgan fingerprint density at radius 3 is 2.85 bits per heavy atom. The van der Waals surface area contributed by atoms with Crippen molar-refractivity contribution in [2.75, 3.05) is 11.1 Å². The second-order valence-electron chi connectivity index (χ2n) is 5.52. The van der Waals surface area contributed by atoms with E-state index in [2.05, 4.69) is 27.4 Å². The molecule has 0 spiro atoms. The van der Waals surface area contributed by atoms with Gasteiger partial charge in [0.1, 0.15) is 11.5 Å². The number of pyridine rings is 1. The van der Waals surface area contributed by atoms with Crippen molar-refractivity contribution in [3.05, 3.63) is 54.5 Å². The van der Waals surface area contributed by atoms with Gasteiger partial charge in [0, 0.05) is 18.4 Å². The third kappa shape index (κ3) is 4.45. The maximum atomic E-state index is 13.2. The van der Waals surface area contributed by atoms with Gasteiger partial charge in [-0.25, -0.2) is 4.39 Å². The van der Waals surface area contributed by atoms with E-state index in [4.69, 9.17) is 0 Å². The van der Waals surface area contributed by atoms with Crippen LogP contribution >= 0.6 is 11.8 Å². The van der Waals surface area contributed by atoms with Crippen LogP contribution in [0, 0.1) is 5.82 Å². The molecule has 2 heterocycles. The number of rotatable bonds is 7. The first-order valence-electron chi connectivity index (χ1n) is 8.20. The van der Waals surface area contributed by atoms with E-state index in [0.29, 0.717) is 16.7 Å². The highest BCUT2D eigenvalue weighted by Crippen LogP contribution is 2.23. The first kappa shape index (κ1) is 18.1. The third-order valence-electron chi connectivity index (χ3n) is 3.50. The fourth-order valence-corrected chi connectivity index (χ4v) is 3.16. The lowest BCUT2D eigenvalue weighted by molar-refractivity contribution is -0.113. The molecule has 3 aromatic rings.